The van der Waals surface area contributed by atoms with Crippen molar-refractivity contribution in [3.05, 3.63) is 33.8 Å². The average molecular weight is 336 g/mol. The molecule has 0 aliphatic heterocycles. The summed E-state index contributed by atoms with van der Waals surface area (Å²) in [6.07, 6.45) is 1.31. The lowest BCUT2D eigenvalue weighted by Crippen LogP contribution is -2.31. The van der Waals surface area contributed by atoms with E-state index in [-0.39, 0.29) is 23.5 Å². The first-order valence-corrected chi connectivity index (χ1v) is 6.82. The van der Waals surface area contributed by atoms with Gasteiger partial charge in [-0.05, 0) is 24.5 Å². The van der Waals surface area contributed by atoms with Crippen molar-refractivity contribution < 1.29 is 18.7 Å². The van der Waals surface area contributed by atoms with Crippen LogP contribution in [0, 0.1) is 17.6 Å². The van der Waals surface area contributed by atoms with Crippen LogP contribution in [0.1, 0.15) is 30.1 Å². The molecule has 6 heteroatoms. The maximum atomic E-state index is 13.5. The highest BCUT2D eigenvalue weighted by Crippen LogP contribution is 2.19. The molecule has 0 aliphatic rings. The number of hydrogen-bond acceptors (Lipinski definition) is 2. The molecule has 0 aliphatic carbocycles. The molecule has 1 atom stereocenters. The number of aliphatic hydroxyl groups is 1. The van der Waals surface area contributed by atoms with Gasteiger partial charge in [-0.1, -0.05) is 29.3 Å². The van der Waals surface area contributed by atoms with Crippen LogP contribution in [0.3, 0.4) is 0 Å². The normalized spacial score (nSPS) is 12.3. The van der Waals surface area contributed by atoms with Gasteiger partial charge in [-0.3, -0.25) is 4.79 Å². The van der Waals surface area contributed by atoms with Gasteiger partial charge in [0.15, 0.2) is 0 Å². The predicted molar refractivity (Wildman–Crippen MR) is 71.9 cm³/mol. The molecular formula is C13H16BrF2NO2. The molecular weight excluding hydrogens is 320 g/mol. The van der Waals surface area contributed by atoms with E-state index in [1.54, 1.807) is 0 Å². The quantitative estimate of drug-likeness (QED) is 0.839. The van der Waals surface area contributed by atoms with Gasteiger partial charge in [-0.15, -0.1) is 0 Å². The zero-order valence-corrected chi connectivity index (χ0v) is 12.1. The molecule has 0 saturated heterocycles. The number of halogens is 3. The number of rotatable bonds is 6. The number of hydrogen-bond donors (Lipinski definition) is 2. The minimum atomic E-state index is -0.903. The average Bonchev–Trinajstić information content (AvgIpc) is 2.33. The molecule has 1 amide bonds. The van der Waals surface area contributed by atoms with Gasteiger partial charge in [0.25, 0.3) is 5.91 Å². The van der Waals surface area contributed by atoms with Crippen molar-refractivity contribution in [2.45, 2.75) is 19.8 Å². The van der Waals surface area contributed by atoms with Gasteiger partial charge in [-0.2, -0.15) is 0 Å². The Morgan fingerprint density at radius 1 is 1.42 bits per heavy atom. The number of amides is 1. The summed E-state index contributed by atoms with van der Waals surface area (Å²) in [4.78, 5) is 11.8. The monoisotopic (exact) mass is 335 g/mol. The van der Waals surface area contributed by atoms with Crippen LogP contribution in [-0.2, 0) is 0 Å². The summed E-state index contributed by atoms with van der Waals surface area (Å²) in [7, 11) is 0. The Morgan fingerprint density at radius 2 is 2.00 bits per heavy atom. The van der Waals surface area contributed by atoms with Gasteiger partial charge < -0.3 is 10.4 Å². The van der Waals surface area contributed by atoms with Crippen molar-refractivity contribution in [1.29, 1.82) is 0 Å². The molecule has 1 unspecified atom stereocenters. The molecule has 1 aromatic carbocycles. The number of carbonyl (C=O) groups excluding carboxylic acids is 1. The molecule has 19 heavy (non-hydrogen) atoms. The van der Waals surface area contributed by atoms with Gasteiger partial charge in [0.05, 0.1) is 0 Å². The van der Waals surface area contributed by atoms with E-state index in [0.29, 0.717) is 6.42 Å². The predicted octanol–water partition coefficient (Wildman–Crippen LogP) is 2.87. The summed E-state index contributed by atoms with van der Waals surface area (Å²) in [6, 6.07) is 2.09. The summed E-state index contributed by atoms with van der Waals surface area (Å²) < 4.78 is 27.3. The first-order chi connectivity index (χ1) is 8.99. The van der Waals surface area contributed by atoms with Crippen molar-refractivity contribution in [2.75, 3.05) is 13.2 Å². The molecule has 1 rings (SSSR count). The fourth-order valence-corrected chi connectivity index (χ4v) is 2.12. The maximum Gasteiger partial charge on any atom is 0.257 e. The van der Waals surface area contributed by atoms with Crippen molar-refractivity contribution in [1.82, 2.24) is 5.32 Å². The molecule has 0 radical (unpaired) electrons. The van der Waals surface area contributed by atoms with Crippen LogP contribution in [0.2, 0.25) is 0 Å². The minimum absolute atomic E-state index is 0.0232. The molecule has 0 saturated carbocycles. The largest absolute Gasteiger partial charge is 0.396 e. The zero-order chi connectivity index (χ0) is 14.4. The van der Waals surface area contributed by atoms with Crippen molar-refractivity contribution in [3.8, 4) is 0 Å². The molecule has 106 valence electrons. The highest BCUT2D eigenvalue weighted by molar-refractivity contribution is 9.10. The van der Waals surface area contributed by atoms with E-state index in [9.17, 15) is 13.6 Å². The summed E-state index contributed by atoms with van der Waals surface area (Å²) >= 11 is 2.95. The Hall–Kier alpha value is -1.01. The van der Waals surface area contributed by atoms with Crippen molar-refractivity contribution >= 4 is 21.8 Å². The maximum absolute atomic E-state index is 13.5. The van der Waals surface area contributed by atoms with Crippen molar-refractivity contribution in [3.63, 3.8) is 0 Å². The Morgan fingerprint density at radius 3 is 2.47 bits per heavy atom. The van der Waals surface area contributed by atoms with Crippen molar-refractivity contribution in [2.24, 2.45) is 5.92 Å². The molecule has 0 aromatic heterocycles. The second kappa shape index (κ2) is 7.55. The standard InChI is InChI=1S/C13H16BrF2NO2/c1-2-8(3-4-18)7-17-13(19)12-10(15)5-9(14)6-11(12)16/h5-6,8,18H,2-4,7H2,1H3,(H,17,19). The Labute approximate surface area is 119 Å². The third-order valence-corrected chi connectivity index (χ3v) is 3.36. The molecule has 0 bridgehead atoms. The van der Waals surface area contributed by atoms with E-state index in [4.69, 9.17) is 5.11 Å². The molecule has 1 aromatic rings. The van der Waals surface area contributed by atoms with Crippen LogP contribution in [0.25, 0.3) is 0 Å². The van der Waals surface area contributed by atoms with Gasteiger partial charge in [-0.25, -0.2) is 8.78 Å². The summed E-state index contributed by atoms with van der Waals surface area (Å²) in [6.45, 7) is 2.23. The van der Waals surface area contributed by atoms with Gasteiger partial charge in [0, 0.05) is 17.6 Å². The fraction of sp³-hybridized carbons (Fsp3) is 0.462. The Bertz CT molecular complexity index is 431. The van der Waals surface area contributed by atoms with E-state index in [0.717, 1.165) is 18.6 Å². The smallest absolute Gasteiger partial charge is 0.257 e. The fourth-order valence-electron chi connectivity index (χ4n) is 1.72. The summed E-state index contributed by atoms with van der Waals surface area (Å²) in [5.74, 6) is -2.49. The topological polar surface area (TPSA) is 49.3 Å². The Kier molecular flexibility index (Phi) is 6.37. The molecule has 3 nitrogen and oxygen atoms in total. The third-order valence-electron chi connectivity index (χ3n) is 2.90. The molecule has 0 spiro atoms. The lowest BCUT2D eigenvalue weighted by molar-refractivity contribution is 0.0935. The first-order valence-electron chi connectivity index (χ1n) is 6.03. The highest BCUT2D eigenvalue weighted by atomic mass is 79.9. The lowest BCUT2D eigenvalue weighted by atomic mass is 10.0. The van der Waals surface area contributed by atoms with E-state index in [1.165, 1.54) is 0 Å². The summed E-state index contributed by atoms with van der Waals surface area (Å²) in [5.41, 5.74) is -0.581. The van der Waals surface area contributed by atoms with E-state index < -0.39 is 23.1 Å². The van der Waals surface area contributed by atoms with Crippen LogP contribution >= 0.6 is 15.9 Å². The van der Waals surface area contributed by atoms with Crippen LogP contribution in [-0.4, -0.2) is 24.2 Å². The highest BCUT2D eigenvalue weighted by Gasteiger charge is 2.19. The second-order valence-corrected chi connectivity index (χ2v) is 5.16. The number of aliphatic hydroxyl groups excluding tert-OH is 1. The Balaban J connectivity index is 2.73. The number of benzene rings is 1. The van der Waals surface area contributed by atoms with Gasteiger partial charge >= 0.3 is 0 Å². The molecule has 2 N–H and O–H groups in total. The van der Waals surface area contributed by atoms with E-state index >= 15 is 0 Å². The molecule has 0 fully saturated rings. The minimum Gasteiger partial charge on any atom is -0.396 e. The third kappa shape index (κ3) is 4.54. The van der Waals surface area contributed by atoms with E-state index in [1.807, 2.05) is 6.92 Å². The SMILES string of the molecule is CCC(CCO)CNC(=O)c1c(F)cc(Br)cc1F. The van der Waals surface area contributed by atoms with Gasteiger partial charge in [0.1, 0.15) is 17.2 Å². The van der Waals surface area contributed by atoms with Crippen LogP contribution in [0.15, 0.2) is 16.6 Å². The lowest BCUT2D eigenvalue weighted by Gasteiger charge is -2.14. The number of nitrogens with one attached hydrogen (secondary N) is 1. The zero-order valence-electron chi connectivity index (χ0n) is 10.5. The number of carbonyl (C=O) groups is 1. The van der Waals surface area contributed by atoms with Crippen LogP contribution in [0.5, 0.6) is 0 Å². The first kappa shape index (κ1) is 16.0. The summed E-state index contributed by atoms with van der Waals surface area (Å²) in [5, 5.41) is 11.3. The van der Waals surface area contributed by atoms with Gasteiger partial charge in [0.2, 0.25) is 0 Å². The molecule has 0 heterocycles. The second-order valence-electron chi connectivity index (χ2n) is 4.24. The van der Waals surface area contributed by atoms with E-state index in [2.05, 4.69) is 21.2 Å². The van der Waals surface area contributed by atoms with Crippen LogP contribution in [0.4, 0.5) is 8.78 Å². The van der Waals surface area contributed by atoms with Crippen LogP contribution < -0.4 is 5.32 Å².